The number of rotatable bonds is 4. The number of hydrogen-bond acceptors (Lipinski definition) is 3. The molecule has 2 atom stereocenters. The van der Waals surface area contributed by atoms with Gasteiger partial charge in [-0.25, -0.2) is 0 Å². The predicted octanol–water partition coefficient (Wildman–Crippen LogP) is 2.45. The standard InChI is InChI=1S/C17H26N2O2/c1-12-16(20)19(10-11-21-5)15(18-12)13-6-8-14(9-7-13)17(2,3)4/h6-9,12,15,18H,10-11H2,1-5H3. The summed E-state index contributed by atoms with van der Waals surface area (Å²) in [6.45, 7) is 9.67. The van der Waals surface area contributed by atoms with Crippen LogP contribution in [0, 0.1) is 0 Å². The SMILES string of the molecule is COCCN1C(=O)C(C)NC1c1ccc(C(C)(C)C)cc1. The van der Waals surface area contributed by atoms with Crippen LogP contribution >= 0.6 is 0 Å². The lowest BCUT2D eigenvalue weighted by atomic mass is 9.86. The minimum absolute atomic E-state index is 0.0586. The monoisotopic (exact) mass is 290 g/mol. The Kier molecular flexibility index (Phi) is 4.69. The van der Waals surface area contributed by atoms with Crippen molar-refractivity contribution in [3.8, 4) is 0 Å². The van der Waals surface area contributed by atoms with E-state index in [-0.39, 0.29) is 23.5 Å². The first kappa shape index (κ1) is 16.0. The fraction of sp³-hybridized carbons (Fsp3) is 0.588. The summed E-state index contributed by atoms with van der Waals surface area (Å²) in [5, 5.41) is 3.36. The van der Waals surface area contributed by atoms with Crippen LogP contribution in [-0.2, 0) is 14.9 Å². The molecule has 0 bridgehead atoms. The van der Waals surface area contributed by atoms with Gasteiger partial charge < -0.3 is 9.64 Å². The largest absolute Gasteiger partial charge is 0.383 e. The molecule has 2 rings (SSSR count). The molecule has 0 aliphatic carbocycles. The van der Waals surface area contributed by atoms with Crippen LogP contribution in [-0.4, -0.2) is 37.1 Å². The molecule has 4 nitrogen and oxygen atoms in total. The van der Waals surface area contributed by atoms with Crippen molar-refractivity contribution in [2.75, 3.05) is 20.3 Å². The molecular weight excluding hydrogens is 264 g/mol. The van der Waals surface area contributed by atoms with Crippen molar-refractivity contribution in [2.24, 2.45) is 0 Å². The third-order valence-corrected chi connectivity index (χ3v) is 4.00. The Morgan fingerprint density at radius 1 is 1.24 bits per heavy atom. The van der Waals surface area contributed by atoms with E-state index in [1.807, 2.05) is 11.8 Å². The molecule has 1 heterocycles. The zero-order chi connectivity index (χ0) is 15.6. The number of ether oxygens (including phenoxy) is 1. The van der Waals surface area contributed by atoms with Crippen molar-refractivity contribution in [1.29, 1.82) is 0 Å². The molecule has 1 aliphatic heterocycles. The normalized spacial score (nSPS) is 22.9. The van der Waals surface area contributed by atoms with Crippen LogP contribution in [0.25, 0.3) is 0 Å². The van der Waals surface area contributed by atoms with Crippen molar-refractivity contribution in [3.63, 3.8) is 0 Å². The maximum atomic E-state index is 12.2. The lowest BCUT2D eigenvalue weighted by Crippen LogP contribution is -2.33. The van der Waals surface area contributed by atoms with Crippen LogP contribution in [0.1, 0.15) is 45.0 Å². The van der Waals surface area contributed by atoms with Gasteiger partial charge in [0.25, 0.3) is 0 Å². The van der Waals surface area contributed by atoms with Crippen molar-refractivity contribution in [2.45, 2.75) is 45.3 Å². The minimum Gasteiger partial charge on any atom is -0.383 e. The Labute approximate surface area is 127 Å². The van der Waals surface area contributed by atoms with E-state index in [0.717, 1.165) is 5.56 Å². The van der Waals surface area contributed by atoms with Gasteiger partial charge in [0, 0.05) is 13.7 Å². The highest BCUT2D eigenvalue weighted by Crippen LogP contribution is 2.28. The van der Waals surface area contributed by atoms with E-state index in [1.165, 1.54) is 5.56 Å². The molecule has 21 heavy (non-hydrogen) atoms. The number of hydrogen-bond donors (Lipinski definition) is 1. The van der Waals surface area contributed by atoms with Crippen LogP contribution in [0.5, 0.6) is 0 Å². The van der Waals surface area contributed by atoms with Crippen molar-refractivity contribution < 1.29 is 9.53 Å². The summed E-state index contributed by atoms with van der Waals surface area (Å²) in [5.74, 6) is 0.136. The second kappa shape index (κ2) is 6.16. The number of carbonyl (C=O) groups excluding carboxylic acids is 1. The summed E-state index contributed by atoms with van der Waals surface area (Å²) in [6, 6.07) is 8.39. The zero-order valence-electron chi connectivity index (χ0n) is 13.6. The molecule has 2 unspecified atom stereocenters. The van der Waals surface area contributed by atoms with Gasteiger partial charge in [0.2, 0.25) is 5.91 Å². The van der Waals surface area contributed by atoms with Crippen LogP contribution in [0.15, 0.2) is 24.3 Å². The number of carbonyl (C=O) groups is 1. The number of nitrogens with zero attached hydrogens (tertiary/aromatic N) is 1. The zero-order valence-corrected chi connectivity index (χ0v) is 13.6. The Hall–Kier alpha value is -1.39. The van der Waals surface area contributed by atoms with E-state index in [0.29, 0.717) is 13.2 Å². The molecule has 0 aromatic heterocycles. The van der Waals surface area contributed by atoms with E-state index in [9.17, 15) is 4.79 Å². The minimum atomic E-state index is -0.144. The molecular formula is C17H26N2O2. The lowest BCUT2D eigenvalue weighted by Gasteiger charge is -2.25. The average Bonchev–Trinajstić information content (AvgIpc) is 2.72. The molecule has 4 heteroatoms. The molecule has 0 saturated carbocycles. The Morgan fingerprint density at radius 3 is 2.38 bits per heavy atom. The summed E-state index contributed by atoms with van der Waals surface area (Å²) < 4.78 is 5.11. The van der Waals surface area contributed by atoms with Crippen LogP contribution in [0.2, 0.25) is 0 Å². The first-order valence-corrected chi connectivity index (χ1v) is 7.50. The quantitative estimate of drug-likeness (QED) is 0.926. The van der Waals surface area contributed by atoms with Crippen LogP contribution < -0.4 is 5.32 Å². The van der Waals surface area contributed by atoms with Crippen molar-refractivity contribution in [1.82, 2.24) is 10.2 Å². The smallest absolute Gasteiger partial charge is 0.241 e. The van der Waals surface area contributed by atoms with Gasteiger partial charge in [0.1, 0.15) is 6.17 Å². The summed E-state index contributed by atoms with van der Waals surface area (Å²) in [5.41, 5.74) is 2.56. The summed E-state index contributed by atoms with van der Waals surface area (Å²) in [4.78, 5) is 14.1. The molecule has 0 spiro atoms. The number of amides is 1. The van der Waals surface area contributed by atoms with Gasteiger partial charge in [-0.15, -0.1) is 0 Å². The fourth-order valence-corrected chi connectivity index (χ4v) is 2.64. The molecule has 1 fully saturated rings. The maximum absolute atomic E-state index is 12.2. The van der Waals surface area contributed by atoms with E-state index < -0.39 is 0 Å². The van der Waals surface area contributed by atoms with Crippen molar-refractivity contribution >= 4 is 5.91 Å². The summed E-state index contributed by atoms with van der Waals surface area (Å²) in [7, 11) is 1.66. The number of benzene rings is 1. The maximum Gasteiger partial charge on any atom is 0.241 e. The van der Waals surface area contributed by atoms with Gasteiger partial charge in [-0.2, -0.15) is 0 Å². The van der Waals surface area contributed by atoms with Gasteiger partial charge in [0.15, 0.2) is 0 Å². The highest BCUT2D eigenvalue weighted by Gasteiger charge is 2.36. The Morgan fingerprint density at radius 2 is 1.86 bits per heavy atom. The molecule has 0 radical (unpaired) electrons. The Bertz CT molecular complexity index is 491. The first-order valence-electron chi connectivity index (χ1n) is 7.50. The van der Waals surface area contributed by atoms with E-state index in [2.05, 4.69) is 50.4 Å². The molecule has 1 aromatic rings. The summed E-state index contributed by atoms with van der Waals surface area (Å²) in [6.07, 6.45) is -0.0586. The van der Waals surface area contributed by atoms with Gasteiger partial charge in [0.05, 0.1) is 12.6 Å². The topological polar surface area (TPSA) is 41.6 Å². The number of nitrogens with one attached hydrogen (secondary N) is 1. The van der Waals surface area contributed by atoms with E-state index >= 15 is 0 Å². The molecule has 1 saturated heterocycles. The Balaban J connectivity index is 2.21. The molecule has 1 N–H and O–H groups in total. The first-order chi connectivity index (χ1) is 9.84. The van der Waals surface area contributed by atoms with Gasteiger partial charge in [-0.3, -0.25) is 10.1 Å². The van der Waals surface area contributed by atoms with Gasteiger partial charge in [-0.1, -0.05) is 45.0 Å². The predicted molar refractivity (Wildman–Crippen MR) is 84.1 cm³/mol. The average molecular weight is 290 g/mol. The second-order valence-electron chi connectivity index (χ2n) is 6.69. The molecule has 1 aliphatic rings. The highest BCUT2D eigenvalue weighted by molar-refractivity contribution is 5.84. The molecule has 1 amide bonds. The van der Waals surface area contributed by atoms with Crippen LogP contribution in [0.3, 0.4) is 0 Å². The van der Waals surface area contributed by atoms with E-state index in [4.69, 9.17) is 4.74 Å². The molecule has 116 valence electrons. The van der Waals surface area contributed by atoms with Crippen LogP contribution in [0.4, 0.5) is 0 Å². The fourth-order valence-electron chi connectivity index (χ4n) is 2.64. The van der Waals surface area contributed by atoms with Gasteiger partial charge >= 0.3 is 0 Å². The lowest BCUT2D eigenvalue weighted by molar-refractivity contribution is -0.130. The number of methoxy groups -OCH3 is 1. The van der Waals surface area contributed by atoms with Gasteiger partial charge in [-0.05, 0) is 23.5 Å². The third kappa shape index (κ3) is 3.44. The van der Waals surface area contributed by atoms with E-state index in [1.54, 1.807) is 7.11 Å². The van der Waals surface area contributed by atoms with Crippen molar-refractivity contribution in [3.05, 3.63) is 35.4 Å². The third-order valence-electron chi connectivity index (χ3n) is 4.00. The second-order valence-corrected chi connectivity index (χ2v) is 6.69. The highest BCUT2D eigenvalue weighted by atomic mass is 16.5. The molecule has 1 aromatic carbocycles. The summed E-state index contributed by atoms with van der Waals surface area (Å²) >= 11 is 0.